The molecule has 53 heavy (non-hydrogen) atoms. The summed E-state index contributed by atoms with van der Waals surface area (Å²) < 4.78 is 10.9. The van der Waals surface area contributed by atoms with E-state index in [0.717, 1.165) is 55.8 Å². The fraction of sp³-hybridized carbons (Fsp3) is 0. The lowest BCUT2D eigenvalue weighted by atomic mass is 9.95. The zero-order chi connectivity index (χ0) is 34.6. The van der Waals surface area contributed by atoms with Crippen LogP contribution in [0.4, 0.5) is 0 Å². The number of benzene rings is 8. The molecule has 0 unspecified atom stereocenters. The molecule has 5 nitrogen and oxygen atoms in total. The maximum Gasteiger partial charge on any atom is 0.235 e. The first-order valence-corrected chi connectivity index (χ1v) is 17.9. The molecule has 3 aromatic heterocycles. The van der Waals surface area contributed by atoms with E-state index in [1.54, 1.807) is 0 Å². The predicted octanol–water partition coefficient (Wildman–Crippen LogP) is 12.4. The van der Waals surface area contributed by atoms with Gasteiger partial charge in [0.15, 0.2) is 0 Å². The molecule has 1 aliphatic heterocycles. The van der Waals surface area contributed by atoms with Crippen molar-refractivity contribution >= 4 is 65.3 Å². The van der Waals surface area contributed by atoms with E-state index < -0.39 is 0 Å². The quantitative estimate of drug-likeness (QED) is 0.187. The van der Waals surface area contributed by atoms with Crippen molar-refractivity contribution in [1.82, 2.24) is 19.1 Å². The van der Waals surface area contributed by atoms with Crippen LogP contribution in [-0.4, -0.2) is 19.1 Å². The van der Waals surface area contributed by atoms with Gasteiger partial charge in [0.05, 0.1) is 38.7 Å². The zero-order valence-corrected chi connectivity index (χ0v) is 28.4. The minimum atomic E-state index is 0.639. The summed E-state index contributed by atoms with van der Waals surface area (Å²) in [6.07, 6.45) is 0. The van der Waals surface area contributed by atoms with Gasteiger partial charge < -0.3 is 9.30 Å². The summed E-state index contributed by atoms with van der Waals surface area (Å²) in [6.45, 7) is 0. The molecule has 0 N–H and O–H groups in total. The predicted molar refractivity (Wildman–Crippen MR) is 217 cm³/mol. The van der Waals surface area contributed by atoms with Crippen LogP contribution in [0.15, 0.2) is 170 Å². The molecule has 8 aromatic carbocycles. The van der Waals surface area contributed by atoms with Crippen LogP contribution in [0.25, 0.3) is 99.3 Å². The van der Waals surface area contributed by atoms with Gasteiger partial charge >= 0.3 is 0 Å². The van der Waals surface area contributed by atoms with Crippen molar-refractivity contribution in [3.05, 3.63) is 170 Å². The van der Waals surface area contributed by atoms with E-state index in [0.29, 0.717) is 5.95 Å². The van der Waals surface area contributed by atoms with E-state index in [1.165, 1.54) is 49.1 Å². The molecular weight excluding hydrogens is 649 g/mol. The van der Waals surface area contributed by atoms with E-state index >= 15 is 0 Å². The largest absolute Gasteiger partial charge is 0.456 e. The Morgan fingerprint density at radius 2 is 1.06 bits per heavy atom. The number of para-hydroxylation sites is 4. The van der Waals surface area contributed by atoms with Crippen molar-refractivity contribution in [2.45, 2.75) is 0 Å². The average molecular weight is 677 g/mol. The fourth-order valence-electron chi connectivity index (χ4n) is 8.66. The van der Waals surface area contributed by atoms with Gasteiger partial charge in [0.1, 0.15) is 11.5 Å². The molecule has 0 bridgehead atoms. The van der Waals surface area contributed by atoms with Crippen molar-refractivity contribution in [2.24, 2.45) is 0 Å². The number of nitrogens with zero attached hydrogens (tertiary/aromatic N) is 4. The lowest BCUT2D eigenvalue weighted by Gasteiger charge is -2.21. The lowest BCUT2D eigenvalue weighted by Crippen LogP contribution is -2.06. The van der Waals surface area contributed by atoms with Gasteiger partial charge in [0, 0.05) is 38.2 Å². The molecule has 246 valence electrons. The first-order valence-electron chi connectivity index (χ1n) is 17.9. The normalized spacial score (nSPS) is 12.3. The van der Waals surface area contributed by atoms with E-state index in [-0.39, 0.29) is 0 Å². The van der Waals surface area contributed by atoms with Crippen LogP contribution in [0.5, 0.6) is 11.5 Å². The molecule has 0 aliphatic carbocycles. The van der Waals surface area contributed by atoms with Gasteiger partial charge in [-0.05, 0) is 77.2 Å². The topological polar surface area (TPSA) is 44.9 Å². The summed E-state index contributed by atoms with van der Waals surface area (Å²) >= 11 is 0. The Bertz CT molecular complexity index is 3320. The van der Waals surface area contributed by atoms with Crippen LogP contribution < -0.4 is 4.74 Å². The standard InChI is InChI=1S/C48H28N4O/c1-2-12-30(13-3-1)51-40-20-7-5-15-34(40)38-28-29(24-27-42(38)51)31-17-10-18-35-32(31)25-26-36-33-14-4-8-21-41(33)52(47(35)36)48-49-39-19-11-23-44-45(39)46(50-48)37-16-6-9-22-43(37)53-44/h1-28H. The molecule has 11 aromatic rings. The molecule has 0 fully saturated rings. The molecular formula is C48H28N4O. The van der Waals surface area contributed by atoms with Crippen molar-refractivity contribution in [2.75, 3.05) is 0 Å². The SMILES string of the molecule is c1ccc(-n2c3ccccc3c3cc(-c4cccc5c4ccc4c6ccccc6n(-c6nc7c8c(cccc8n6)Oc6ccccc6-7)c54)ccc32)cc1. The summed E-state index contributed by atoms with van der Waals surface area (Å²) in [5.41, 5.74) is 10.8. The van der Waals surface area contributed by atoms with Gasteiger partial charge in [-0.25, -0.2) is 9.97 Å². The molecule has 0 radical (unpaired) electrons. The van der Waals surface area contributed by atoms with Gasteiger partial charge in [-0.2, -0.15) is 0 Å². The summed E-state index contributed by atoms with van der Waals surface area (Å²) in [6, 6.07) is 60.2. The Morgan fingerprint density at radius 3 is 1.94 bits per heavy atom. The Hall–Kier alpha value is -7.24. The van der Waals surface area contributed by atoms with E-state index in [1.807, 2.05) is 30.3 Å². The van der Waals surface area contributed by atoms with Crippen molar-refractivity contribution in [3.8, 4) is 45.5 Å². The second-order valence-electron chi connectivity index (χ2n) is 13.8. The molecule has 0 amide bonds. The highest BCUT2D eigenvalue weighted by atomic mass is 16.5. The summed E-state index contributed by atoms with van der Waals surface area (Å²) in [4.78, 5) is 10.6. The first-order chi connectivity index (χ1) is 26.3. The first kappa shape index (κ1) is 28.5. The molecule has 12 rings (SSSR count). The highest BCUT2D eigenvalue weighted by molar-refractivity contribution is 6.21. The number of fused-ring (bicyclic) bond motifs is 10. The van der Waals surface area contributed by atoms with E-state index in [4.69, 9.17) is 14.7 Å². The van der Waals surface area contributed by atoms with Crippen molar-refractivity contribution in [3.63, 3.8) is 0 Å². The number of hydrogen-bond donors (Lipinski definition) is 0. The van der Waals surface area contributed by atoms with Gasteiger partial charge in [0.2, 0.25) is 5.95 Å². The van der Waals surface area contributed by atoms with Crippen LogP contribution in [0.2, 0.25) is 0 Å². The minimum Gasteiger partial charge on any atom is -0.456 e. The Morgan fingerprint density at radius 1 is 0.415 bits per heavy atom. The maximum absolute atomic E-state index is 6.32. The highest BCUT2D eigenvalue weighted by Gasteiger charge is 2.25. The second kappa shape index (κ2) is 10.6. The molecule has 4 heterocycles. The van der Waals surface area contributed by atoms with E-state index in [2.05, 4.69) is 149 Å². The molecule has 0 saturated heterocycles. The molecule has 1 aliphatic rings. The van der Waals surface area contributed by atoms with Crippen LogP contribution in [0, 0.1) is 0 Å². The number of rotatable bonds is 3. The number of hydrogen-bond acceptors (Lipinski definition) is 3. The van der Waals surface area contributed by atoms with E-state index in [9.17, 15) is 0 Å². The van der Waals surface area contributed by atoms with Crippen LogP contribution in [0.1, 0.15) is 0 Å². The second-order valence-corrected chi connectivity index (χ2v) is 13.8. The third-order valence-corrected chi connectivity index (χ3v) is 10.9. The van der Waals surface area contributed by atoms with Crippen LogP contribution in [0.3, 0.4) is 0 Å². The molecule has 0 spiro atoms. The number of ether oxygens (including phenoxy) is 1. The fourth-order valence-corrected chi connectivity index (χ4v) is 8.66. The highest BCUT2D eigenvalue weighted by Crippen LogP contribution is 2.46. The Labute approximate surface area is 303 Å². The van der Waals surface area contributed by atoms with Gasteiger partial charge in [-0.15, -0.1) is 0 Å². The zero-order valence-electron chi connectivity index (χ0n) is 28.4. The Kier molecular flexibility index (Phi) is 5.71. The summed E-state index contributed by atoms with van der Waals surface area (Å²) in [7, 11) is 0. The molecule has 0 atom stereocenters. The summed E-state index contributed by atoms with van der Waals surface area (Å²) in [5.74, 6) is 2.22. The van der Waals surface area contributed by atoms with Gasteiger partial charge in [-0.1, -0.05) is 109 Å². The average Bonchev–Trinajstić information content (AvgIpc) is 3.74. The minimum absolute atomic E-state index is 0.639. The number of aromatic nitrogens is 4. The van der Waals surface area contributed by atoms with Gasteiger partial charge in [-0.3, -0.25) is 4.57 Å². The van der Waals surface area contributed by atoms with Crippen LogP contribution >= 0.6 is 0 Å². The Balaban J connectivity index is 1.13. The smallest absolute Gasteiger partial charge is 0.235 e. The van der Waals surface area contributed by atoms with Crippen molar-refractivity contribution in [1.29, 1.82) is 0 Å². The van der Waals surface area contributed by atoms with Gasteiger partial charge in [0.25, 0.3) is 0 Å². The monoisotopic (exact) mass is 676 g/mol. The van der Waals surface area contributed by atoms with Crippen molar-refractivity contribution < 1.29 is 4.74 Å². The summed E-state index contributed by atoms with van der Waals surface area (Å²) in [5, 5.41) is 8.07. The molecule has 5 heteroatoms. The third-order valence-electron chi connectivity index (χ3n) is 10.9. The van der Waals surface area contributed by atoms with Crippen LogP contribution in [-0.2, 0) is 0 Å². The third kappa shape index (κ3) is 3.96. The lowest BCUT2D eigenvalue weighted by molar-refractivity contribution is 0.486. The molecule has 0 saturated carbocycles. The maximum atomic E-state index is 6.32.